The summed E-state index contributed by atoms with van der Waals surface area (Å²) in [7, 11) is 0. The lowest BCUT2D eigenvalue weighted by Crippen LogP contribution is -2.51. The monoisotopic (exact) mass is 304 g/mol. The van der Waals surface area contributed by atoms with Crippen LogP contribution in [-0.2, 0) is 0 Å². The minimum absolute atomic E-state index is 0.484. The fraction of sp³-hybridized carbons (Fsp3) is 0.231. The number of hydrogen-bond donors (Lipinski definition) is 2. The molecule has 2 heterocycles. The smallest absolute Gasteiger partial charge is 0.148 e. The summed E-state index contributed by atoms with van der Waals surface area (Å²) < 4.78 is 1.06. The first-order chi connectivity index (χ1) is 8.81. The SMILES string of the molecule is Brc1ccc(-c2ccc(NC3CNC3)nn2)cc1. The van der Waals surface area contributed by atoms with Crippen molar-refractivity contribution in [1.29, 1.82) is 0 Å². The highest BCUT2D eigenvalue weighted by atomic mass is 79.9. The Bertz CT molecular complexity index is 520. The summed E-state index contributed by atoms with van der Waals surface area (Å²) in [5.41, 5.74) is 1.96. The number of nitrogens with zero attached hydrogens (tertiary/aromatic N) is 2. The van der Waals surface area contributed by atoms with Crippen molar-refractivity contribution >= 4 is 21.7 Å². The molecular formula is C13H13BrN4. The van der Waals surface area contributed by atoms with Crippen LogP contribution in [0.4, 0.5) is 5.82 Å². The third-order valence-corrected chi connectivity index (χ3v) is 3.47. The number of anilines is 1. The Hall–Kier alpha value is -1.46. The van der Waals surface area contributed by atoms with E-state index in [2.05, 4.69) is 36.8 Å². The predicted molar refractivity (Wildman–Crippen MR) is 75.4 cm³/mol. The highest BCUT2D eigenvalue weighted by Gasteiger charge is 2.16. The maximum absolute atomic E-state index is 4.24. The first kappa shape index (κ1) is 11.6. The van der Waals surface area contributed by atoms with Gasteiger partial charge in [-0.3, -0.25) is 0 Å². The average molecular weight is 305 g/mol. The Morgan fingerprint density at radius 3 is 2.39 bits per heavy atom. The van der Waals surface area contributed by atoms with Crippen LogP contribution in [0.5, 0.6) is 0 Å². The molecule has 18 heavy (non-hydrogen) atoms. The first-order valence-electron chi connectivity index (χ1n) is 5.88. The molecule has 1 aromatic carbocycles. The largest absolute Gasteiger partial charge is 0.363 e. The van der Waals surface area contributed by atoms with Crippen molar-refractivity contribution in [3.63, 3.8) is 0 Å². The van der Waals surface area contributed by atoms with Crippen LogP contribution in [-0.4, -0.2) is 29.3 Å². The zero-order valence-corrected chi connectivity index (χ0v) is 11.3. The molecule has 3 rings (SSSR count). The number of halogens is 1. The summed E-state index contributed by atoms with van der Waals surface area (Å²) >= 11 is 3.42. The predicted octanol–water partition coefficient (Wildman–Crippen LogP) is 2.29. The maximum atomic E-state index is 4.24. The lowest BCUT2D eigenvalue weighted by molar-refractivity contribution is 0.470. The van der Waals surface area contributed by atoms with Crippen LogP contribution in [0.3, 0.4) is 0 Å². The van der Waals surface area contributed by atoms with E-state index in [1.165, 1.54) is 0 Å². The number of benzene rings is 1. The van der Waals surface area contributed by atoms with E-state index < -0.39 is 0 Å². The summed E-state index contributed by atoms with van der Waals surface area (Å²) in [5, 5.41) is 15.0. The number of hydrogen-bond acceptors (Lipinski definition) is 4. The molecule has 4 nitrogen and oxygen atoms in total. The number of rotatable bonds is 3. The van der Waals surface area contributed by atoms with Crippen molar-refractivity contribution < 1.29 is 0 Å². The second-order valence-corrected chi connectivity index (χ2v) is 5.23. The molecule has 0 saturated carbocycles. The summed E-state index contributed by atoms with van der Waals surface area (Å²) in [6.45, 7) is 1.99. The maximum Gasteiger partial charge on any atom is 0.148 e. The van der Waals surface area contributed by atoms with E-state index in [4.69, 9.17) is 0 Å². The van der Waals surface area contributed by atoms with Crippen LogP contribution in [0.25, 0.3) is 11.3 Å². The van der Waals surface area contributed by atoms with Gasteiger partial charge in [-0.15, -0.1) is 10.2 Å². The van der Waals surface area contributed by atoms with Gasteiger partial charge in [0.2, 0.25) is 0 Å². The molecule has 2 aromatic rings. The lowest BCUT2D eigenvalue weighted by Gasteiger charge is -2.28. The molecule has 0 unspecified atom stereocenters. The quantitative estimate of drug-likeness (QED) is 0.913. The van der Waals surface area contributed by atoms with E-state index in [1.807, 2.05) is 36.4 Å². The molecule has 0 atom stereocenters. The minimum atomic E-state index is 0.484. The van der Waals surface area contributed by atoms with Crippen molar-refractivity contribution in [3.05, 3.63) is 40.9 Å². The summed E-state index contributed by atoms with van der Waals surface area (Å²) in [6.07, 6.45) is 0. The van der Waals surface area contributed by atoms with Gasteiger partial charge in [0.1, 0.15) is 5.82 Å². The fourth-order valence-corrected chi connectivity index (χ4v) is 2.05. The van der Waals surface area contributed by atoms with Gasteiger partial charge in [0.05, 0.1) is 11.7 Å². The zero-order chi connectivity index (χ0) is 12.4. The van der Waals surface area contributed by atoms with Gasteiger partial charge < -0.3 is 10.6 Å². The van der Waals surface area contributed by atoms with Crippen molar-refractivity contribution in [2.45, 2.75) is 6.04 Å². The lowest BCUT2D eigenvalue weighted by atomic mass is 10.1. The Kier molecular flexibility index (Phi) is 3.25. The Morgan fingerprint density at radius 1 is 1.06 bits per heavy atom. The second-order valence-electron chi connectivity index (χ2n) is 4.31. The Morgan fingerprint density at radius 2 is 1.83 bits per heavy atom. The molecule has 0 spiro atoms. The molecule has 1 aromatic heterocycles. The normalized spacial score (nSPS) is 15.2. The molecule has 92 valence electrons. The summed E-state index contributed by atoms with van der Waals surface area (Å²) in [6, 6.07) is 12.5. The first-order valence-corrected chi connectivity index (χ1v) is 6.67. The van der Waals surface area contributed by atoms with E-state index in [-0.39, 0.29) is 0 Å². The van der Waals surface area contributed by atoms with Crippen LogP contribution in [0.15, 0.2) is 40.9 Å². The second kappa shape index (κ2) is 5.04. The van der Waals surface area contributed by atoms with Crippen molar-refractivity contribution in [2.75, 3.05) is 18.4 Å². The third-order valence-electron chi connectivity index (χ3n) is 2.94. The zero-order valence-electron chi connectivity index (χ0n) is 9.73. The van der Waals surface area contributed by atoms with Gasteiger partial charge in [-0.25, -0.2) is 0 Å². The van der Waals surface area contributed by atoms with Crippen LogP contribution in [0.1, 0.15) is 0 Å². The molecular weight excluding hydrogens is 292 g/mol. The molecule has 0 bridgehead atoms. The Balaban J connectivity index is 1.75. The van der Waals surface area contributed by atoms with Crippen LogP contribution in [0, 0.1) is 0 Å². The van der Waals surface area contributed by atoms with Gasteiger partial charge in [0.25, 0.3) is 0 Å². The number of aromatic nitrogens is 2. The molecule has 2 N–H and O–H groups in total. The highest BCUT2D eigenvalue weighted by Crippen LogP contribution is 2.20. The highest BCUT2D eigenvalue weighted by molar-refractivity contribution is 9.10. The van der Waals surface area contributed by atoms with E-state index in [9.17, 15) is 0 Å². The van der Waals surface area contributed by atoms with Crippen molar-refractivity contribution in [1.82, 2.24) is 15.5 Å². The van der Waals surface area contributed by atoms with Gasteiger partial charge in [-0.05, 0) is 24.3 Å². The van der Waals surface area contributed by atoms with Gasteiger partial charge in [-0.1, -0.05) is 28.1 Å². The molecule has 1 saturated heterocycles. The summed E-state index contributed by atoms with van der Waals surface area (Å²) in [5.74, 6) is 0.836. The van der Waals surface area contributed by atoms with Gasteiger partial charge in [0, 0.05) is 23.1 Å². The molecule has 0 amide bonds. The molecule has 1 aliphatic rings. The van der Waals surface area contributed by atoms with Crippen molar-refractivity contribution in [3.8, 4) is 11.3 Å². The summed E-state index contributed by atoms with van der Waals surface area (Å²) in [4.78, 5) is 0. The average Bonchev–Trinajstić information content (AvgIpc) is 2.36. The van der Waals surface area contributed by atoms with Gasteiger partial charge in [0.15, 0.2) is 0 Å². The van der Waals surface area contributed by atoms with Crippen molar-refractivity contribution in [2.24, 2.45) is 0 Å². The molecule has 5 heteroatoms. The minimum Gasteiger partial charge on any atom is -0.363 e. The van der Waals surface area contributed by atoms with Crippen LogP contribution in [0.2, 0.25) is 0 Å². The molecule has 1 aliphatic heterocycles. The number of nitrogens with one attached hydrogen (secondary N) is 2. The molecule has 0 aliphatic carbocycles. The Labute approximate surface area is 114 Å². The van der Waals surface area contributed by atoms with E-state index in [0.717, 1.165) is 34.6 Å². The van der Waals surface area contributed by atoms with E-state index >= 15 is 0 Å². The van der Waals surface area contributed by atoms with Gasteiger partial charge in [-0.2, -0.15) is 0 Å². The topological polar surface area (TPSA) is 49.8 Å². The van der Waals surface area contributed by atoms with E-state index in [0.29, 0.717) is 6.04 Å². The van der Waals surface area contributed by atoms with E-state index in [1.54, 1.807) is 0 Å². The standard InChI is InChI=1S/C13H13BrN4/c14-10-3-1-9(2-4-10)12-5-6-13(18-17-12)16-11-7-15-8-11/h1-6,11,15H,7-8H2,(H,16,18). The van der Waals surface area contributed by atoms with Gasteiger partial charge >= 0.3 is 0 Å². The fourth-order valence-electron chi connectivity index (χ4n) is 1.78. The molecule has 1 fully saturated rings. The van der Waals surface area contributed by atoms with Crippen LogP contribution < -0.4 is 10.6 Å². The molecule has 0 radical (unpaired) electrons. The third kappa shape index (κ3) is 2.52. The van der Waals surface area contributed by atoms with Crippen LogP contribution >= 0.6 is 15.9 Å².